The number of rotatable bonds is 0. The molecule has 1 aromatic heterocycles. The van der Waals surface area contributed by atoms with Gasteiger partial charge in [0.15, 0.2) is 4.67 Å². The van der Waals surface area contributed by atoms with Gasteiger partial charge in [0.05, 0.1) is 6.26 Å². The topological polar surface area (TPSA) is 13.1 Å². The Kier molecular flexibility index (Phi) is 1.19. The van der Waals surface area contributed by atoms with Gasteiger partial charge in [-0.2, -0.15) is 0 Å². The van der Waals surface area contributed by atoms with Crippen LogP contribution in [-0.2, 0) is 0 Å². The molecule has 0 fully saturated rings. The highest BCUT2D eigenvalue weighted by molar-refractivity contribution is 9.10. The molecule has 0 unspecified atom stereocenters. The third-order valence-electron chi connectivity index (χ3n) is 0.800. The van der Waals surface area contributed by atoms with E-state index in [2.05, 4.69) is 15.9 Å². The molecule has 1 nitrogen and oxygen atoms in total. The van der Waals surface area contributed by atoms with Crippen molar-refractivity contribution in [2.24, 2.45) is 0 Å². The van der Waals surface area contributed by atoms with Gasteiger partial charge in [0.25, 0.3) is 0 Å². The van der Waals surface area contributed by atoms with Gasteiger partial charge in [0, 0.05) is 5.56 Å². The van der Waals surface area contributed by atoms with E-state index < -0.39 is 0 Å². The van der Waals surface area contributed by atoms with Crippen LogP contribution in [0.3, 0.4) is 0 Å². The summed E-state index contributed by atoms with van der Waals surface area (Å²) in [7, 11) is 0. The van der Waals surface area contributed by atoms with Crippen molar-refractivity contribution in [1.82, 2.24) is 0 Å². The highest BCUT2D eigenvalue weighted by Gasteiger charge is 1.91. The molecule has 0 atom stereocenters. The van der Waals surface area contributed by atoms with Crippen LogP contribution in [0.15, 0.2) is 21.4 Å². The minimum absolute atomic E-state index is 0.826. The molecule has 0 aliphatic heterocycles. The lowest BCUT2D eigenvalue weighted by molar-refractivity contribution is 0.539. The summed E-state index contributed by atoms with van der Waals surface area (Å²) in [6.07, 6.45) is 1.65. The van der Waals surface area contributed by atoms with Crippen molar-refractivity contribution < 1.29 is 4.42 Å². The van der Waals surface area contributed by atoms with Crippen LogP contribution in [0.1, 0.15) is 5.56 Å². The molecule has 7 heavy (non-hydrogen) atoms. The van der Waals surface area contributed by atoms with Gasteiger partial charge in [-0.25, -0.2) is 0 Å². The number of furan rings is 1. The van der Waals surface area contributed by atoms with Crippen LogP contribution in [0.25, 0.3) is 0 Å². The number of hydrogen-bond donors (Lipinski definition) is 0. The Hall–Kier alpha value is -0.240. The molecule has 0 aliphatic carbocycles. The zero-order valence-electron chi connectivity index (χ0n) is 3.94. The second-order valence-corrected chi connectivity index (χ2v) is 2.10. The van der Waals surface area contributed by atoms with E-state index in [-0.39, 0.29) is 0 Å². The first-order valence-corrected chi connectivity index (χ1v) is 2.79. The molecule has 0 saturated carbocycles. The van der Waals surface area contributed by atoms with E-state index in [0.29, 0.717) is 0 Å². The highest BCUT2D eigenvalue weighted by atomic mass is 79.9. The molecule has 38 valence electrons. The smallest absolute Gasteiger partial charge is 0.171 e. The molecule has 1 aromatic rings. The summed E-state index contributed by atoms with van der Waals surface area (Å²) in [5, 5.41) is 0. The van der Waals surface area contributed by atoms with Gasteiger partial charge in [-0.05, 0) is 28.9 Å². The lowest BCUT2D eigenvalue weighted by Crippen LogP contribution is -1.56. The molecular formula is C5H5BrO. The van der Waals surface area contributed by atoms with E-state index in [0.717, 1.165) is 10.2 Å². The van der Waals surface area contributed by atoms with E-state index >= 15 is 0 Å². The second kappa shape index (κ2) is 1.70. The summed E-state index contributed by atoms with van der Waals surface area (Å²) in [6, 6.07) is 1.91. The molecule has 1 heterocycles. The standard InChI is InChI=1S/C5H5BrO/c1-4-2-3-7-5(4)6/h2-3H,1H3. The lowest BCUT2D eigenvalue weighted by atomic mass is 10.4. The van der Waals surface area contributed by atoms with Crippen LogP contribution in [0.5, 0.6) is 0 Å². The molecule has 0 aromatic carbocycles. The van der Waals surface area contributed by atoms with E-state index in [1.807, 2.05) is 13.0 Å². The van der Waals surface area contributed by atoms with Crippen molar-refractivity contribution in [3.8, 4) is 0 Å². The third-order valence-corrected chi connectivity index (χ3v) is 1.61. The zero-order chi connectivity index (χ0) is 5.28. The molecule has 0 aliphatic rings. The molecule has 0 bridgehead atoms. The number of aryl methyl sites for hydroxylation is 1. The molecule has 1 rings (SSSR count). The fraction of sp³-hybridized carbons (Fsp3) is 0.200. The van der Waals surface area contributed by atoms with Gasteiger partial charge in [-0.3, -0.25) is 0 Å². The van der Waals surface area contributed by atoms with Crippen LogP contribution >= 0.6 is 15.9 Å². The number of hydrogen-bond acceptors (Lipinski definition) is 1. The molecule has 0 N–H and O–H groups in total. The first-order valence-electron chi connectivity index (χ1n) is 2.00. The van der Waals surface area contributed by atoms with Crippen LogP contribution < -0.4 is 0 Å². The maximum atomic E-state index is 4.88. The Morgan fingerprint density at radius 2 is 2.43 bits per heavy atom. The SMILES string of the molecule is Cc1ccoc1Br. The predicted molar refractivity (Wildman–Crippen MR) is 31.1 cm³/mol. The van der Waals surface area contributed by atoms with Crippen LogP contribution in [0.2, 0.25) is 0 Å². The van der Waals surface area contributed by atoms with Gasteiger partial charge in [0.2, 0.25) is 0 Å². The maximum absolute atomic E-state index is 4.88. The normalized spacial score (nSPS) is 9.43. The largest absolute Gasteiger partial charge is 0.457 e. The fourth-order valence-corrected chi connectivity index (χ4v) is 0.594. The van der Waals surface area contributed by atoms with Crippen molar-refractivity contribution in [2.45, 2.75) is 6.92 Å². The first-order chi connectivity index (χ1) is 3.30. The Labute approximate surface area is 50.5 Å². The summed E-state index contributed by atoms with van der Waals surface area (Å²) in [5.41, 5.74) is 1.14. The summed E-state index contributed by atoms with van der Waals surface area (Å²) < 4.78 is 5.71. The predicted octanol–water partition coefficient (Wildman–Crippen LogP) is 2.35. The van der Waals surface area contributed by atoms with Crippen molar-refractivity contribution in [3.05, 3.63) is 22.6 Å². The molecule has 0 spiro atoms. The van der Waals surface area contributed by atoms with Gasteiger partial charge in [0.1, 0.15) is 0 Å². The van der Waals surface area contributed by atoms with Crippen molar-refractivity contribution in [1.29, 1.82) is 0 Å². The fourth-order valence-electron chi connectivity index (χ4n) is 0.354. The molecule has 0 radical (unpaired) electrons. The molecular weight excluding hydrogens is 156 g/mol. The van der Waals surface area contributed by atoms with Gasteiger partial charge in [-0.1, -0.05) is 0 Å². The van der Waals surface area contributed by atoms with E-state index in [1.165, 1.54) is 0 Å². The molecule has 0 saturated heterocycles. The average molecular weight is 161 g/mol. The quantitative estimate of drug-likeness (QED) is 0.569. The summed E-state index contributed by atoms with van der Waals surface area (Å²) in [4.78, 5) is 0. The second-order valence-electron chi connectivity index (χ2n) is 1.38. The summed E-state index contributed by atoms with van der Waals surface area (Å²) in [6.45, 7) is 1.98. The van der Waals surface area contributed by atoms with Crippen LogP contribution in [-0.4, -0.2) is 0 Å². The van der Waals surface area contributed by atoms with E-state index in [9.17, 15) is 0 Å². The van der Waals surface area contributed by atoms with Crippen LogP contribution in [0.4, 0.5) is 0 Å². The Morgan fingerprint density at radius 1 is 1.71 bits per heavy atom. The van der Waals surface area contributed by atoms with E-state index in [1.54, 1.807) is 6.26 Å². The van der Waals surface area contributed by atoms with Crippen molar-refractivity contribution in [2.75, 3.05) is 0 Å². The number of halogens is 1. The summed E-state index contributed by atoms with van der Waals surface area (Å²) >= 11 is 3.20. The van der Waals surface area contributed by atoms with Gasteiger partial charge in [-0.15, -0.1) is 0 Å². The Balaban J connectivity index is 3.12. The maximum Gasteiger partial charge on any atom is 0.171 e. The first kappa shape index (κ1) is 4.91. The molecule has 2 heteroatoms. The van der Waals surface area contributed by atoms with Gasteiger partial charge >= 0.3 is 0 Å². The summed E-state index contributed by atoms with van der Waals surface area (Å²) in [5.74, 6) is 0. The van der Waals surface area contributed by atoms with Crippen molar-refractivity contribution in [3.63, 3.8) is 0 Å². The third kappa shape index (κ3) is 0.855. The van der Waals surface area contributed by atoms with Gasteiger partial charge < -0.3 is 4.42 Å². The van der Waals surface area contributed by atoms with Crippen molar-refractivity contribution >= 4 is 15.9 Å². The monoisotopic (exact) mass is 160 g/mol. The minimum atomic E-state index is 0.826. The Morgan fingerprint density at radius 3 is 2.57 bits per heavy atom. The van der Waals surface area contributed by atoms with Crippen LogP contribution in [0, 0.1) is 6.92 Å². The minimum Gasteiger partial charge on any atom is -0.457 e. The molecule has 0 amide bonds. The van der Waals surface area contributed by atoms with E-state index in [4.69, 9.17) is 4.42 Å². The highest BCUT2D eigenvalue weighted by Crippen LogP contribution is 2.14. The zero-order valence-corrected chi connectivity index (χ0v) is 5.53. The average Bonchev–Trinajstić information content (AvgIpc) is 1.91. The lowest BCUT2D eigenvalue weighted by Gasteiger charge is -1.76. The Bertz CT molecular complexity index is 140.